The van der Waals surface area contributed by atoms with Gasteiger partial charge in [-0.3, -0.25) is 0 Å². The van der Waals surface area contributed by atoms with Crippen LogP contribution in [0.4, 0.5) is 13.2 Å². The zero-order valence-corrected chi connectivity index (χ0v) is 6.36. The Labute approximate surface area is 65.9 Å². The summed E-state index contributed by atoms with van der Waals surface area (Å²) in [5.74, 6) is -3.37. The second-order valence-corrected chi connectivity index (χ2v) is 2.43. The summed E-state index contributed by atoms with van der Waals surface area (Å²) in [6.45, 7) is 1.12. The molecular formula is C6H4F3NS. The summed E-state index contributed by atoms with van der Waals surface area (Å²) in [5.41, 5.74) is -0.397. The van der Waals surface area contributed by atoms with Gasteiger partial charge < -0.3 is 4.98 Å². The predicted octanol–water partition coefficient (Wildman–Crippen LogP) is 2.47. The van der Waals surface area contributed by atoms with E-state index in [0.29, 0.717) is 0 Å². The molecule has 60 valence electrons. The van der Waals surface area contributed by atoms with Crippen molar-refractivity contribution in [1.82, 2.24) is 4.98 Å². The molecule has 1 nitrogen and oxygen atoms in total. The maximum atomic E-state index is 12.6. The first-order valence-corrected chi connectivity index (χ1v) is 3.18. The normalized spacial score (nSPS) is 10.2. The Morgan fingerprint density at radius 3 is 2.27 bits per heavy atom. The summed E-state index contributed by atoms with van der Waals surface area (Å²) in [6.07, 6.45) is 0. The SMILES string of the molecule is Cc1c(F)c(F)[nH]c(=S)c1F. The van der Waals surface area contributed by atoms with Crippen LogP contribution in [0.1, 0.15) is 5.56 Å². The first-order valence-electron chi connectivity index (χ1n) is 2.77. The minimum atomic E-state index is -1.23. The summed E-state index contributed by atoms with van der Waals surface area (Å²) in [5, 5.41) is 0. The molecule has 0 radical (unpaired) electrons. The summed E-state index contributed by atoms with van der Waals surface area (Å²) in [6, 6.07) is 0. The molecule has 0 aliphatic rings. The molecule has 0 atom stereocenters. The van der Waals surface area contributed by atoms with E-state index in [4.69, 9.17) is 0 Å². The molecule has 11 heavy (non-hydrogen) atoms. The summed E-state index contributed by atoms with van der Waals surface area (Å²) >= 11 is 4.35. The van der Waals surface area contributed by atoms with E-state index in [2.05, 4.69) is 12.2 Å². The highest BCUT2D eigenvalue weighted by atomic mass is 32.1. The molecule has 0 fully saturated rings. The largest absolute Gasteiger partial charge is 0.318 e. The zero-order valence-electron chi connectivity index (χ0n) is 5.54. The van der Waals surface area contributed by atoms with Gasteiger partial charge in [-0.25, -0.2) is 8.78 Å². The minimum Gasteiger partial charge on any atom is -0.318 e. The number of nitrogens with one attached hydrogen (secondary N) is 1. The Balaban J connectivity index is 3.59. The second-order valence-electron chi connectivity index (χ2n) is 2.02. The molecular weight excluding hydrogens is 175 g/mol. The highest BCUT2D eigenvalue weighted by Gasteiger charge is 2.11. The van der Waals surface area contributed by atoms with E-state index in [1.807, 2.05) is 0 Å². The molecule has 0 unspecified atom stereocenters. The maximum Gasteiger partial charge on any atom is 0.228 e. The van der Waals surface area contributed by atoms with E-state index in [0.717, 1.165) is 6.92 Å². The lowest BCUT2D eigenvalue weighted by Crippen LogP contribution is -1.98. The molecule has 0 saturated heterocycles. The van der Waals surface area contributed by atoms with Gasteiger partial charge in [0.1, 0.15) is 4.64 Å². The number of halogens is 3. The van der Waals surface area contributed by atoms with Crippen LogP contribution < -0.4 is 0 Å². The number of aromatic nitrogens is 1. The molecule has 0 bridgehead atoms. The lowest BCUT2D eigenvalue weighted by molar-refractivity contribution is 0.454. The molecule has 1 heterocycles. The van der Waals surface area contributed by atoms with Crippen LogP contribution in [0.25, 0.3) is 0 Å². The number of hydrogen-bond donors (Lipinski definition) is 1. The van der Waals surface area contributed by atoms with E-state index in [1.165, 1.54) is 0 Å². The molecule has 5 heteroatoms. The lowest BCUT2D eigenvalue weighted by Gasteiger charge is -1.98. The van der Waals surface area contributed by atoms with Crippen LogP contribution in [0.2, 0.25) is 0 Å². The van der Waals surface area contributed by atoms with Crippen molar-refractivity contribution in [2.24, 2.45) is 0 Å². The van der Waals surface area contributed by atoms with Crippen LogP contribution in [0.3, 0.4) is 0 Å². The third-order valence-electron chi connectivity index (χ3n) is 1.27. The monoisotopic (exact) mass is 179 g/mol. The number of hydrogen-bond acceptors (Lipinski definition) is 1. The second kappa shape index (κ2) is 2.65. The fraction of sp³-hybridized carbons (Fsp3) is 0.167. The van der Waals surface area contributed by atoms with Crippen molar-refractivity contribution < 1.29 is 13.2 Å². The first kappa shape index (κ1) is 8.26. The average Bonchev–Trinajstić information content (AvgIpc) is 1.97. The molecule has 0 spiro atoms. The van der Waals surface area contributed by atoms with Gasteiger partial charge in [0.15, 0.2) is 11.6 Å². The van der Waals surface area contributed by atoms with Crippen LogP contribution in [0, 0.1) is 29.1 Å². The molecule has 0 saturated carbocycles. The van der Waals surface area contributed by atoms with Crippen LogP contribution >= 0.6 is 12.2 Å². The Kier molecular flexibility index (Phi) is 1.99. The molecule has 0 aliphatic carbocycles. The van der Waals surface area contributed by atoms with Crippen LogP contribution in [-0.2, 0) is 0 Å². The number of pyridine rings is 1. The Hall–Kier alpha value is -0.840. The molecule has 1 aromatic rings. The highest BCUT2D eigenvalue weighted by Crippen LogP contribution is 2.12. The topological polar surface area (TPSA) is 15.8 Å². The maximum absolute atomic E-state index is 12.6. The summed E-state index contributed by atoms with van der Waals surface area (Å²) in [7, 11) is 0. The van der Waals surface area contributed by atoms with Crippen molar-refractivity contribution in [2.45, 2.75) is 6.92 Å². The van der Waals surface area contributed by atoms with E-state index >= 15 is 0 Å². The van der Waals surface area contributed by atoms with Crippen molar-refractivity contribution >= 4 is 12.2 Å². The molecule has 1 aromatic heterocycles. The Morgan fingerprint density at radius 1 is 1.18 bits per heavy atom. The molecule has 0 amide bonds. The number of aromatic amines is 1. The third-order valence-corrected chi connectivity index (χ3v) is 1.56. The number of rotatable bonds is 0. The average molecular weight is 179 g/mol. The van der Waals surface area contributed by atoms with Gasteiger partial charge in [0.05, 0.1) is 0 Å². The minimum absolute atomic E-state index is 0.397. The van der Waals surface area contributed by atoms with Crippen molar-refractivity contribution in [3.8, 4) is 0 Å². The zero-order chi connectivity index (χ0) is 8.59. The summed E-state index contributed by atoms with van der Waals surface area (Å²) in [4.78, 5) is 1.75. The van der Waals surface area contributed by atoms with E-state index in [9.17, 15) is 13.2 Å². The van der Waals surface area contributed by atoms with E-state index < -0.39 is 27.8 Å². The van der Waals surface area contributed by atoms with Crippen molar-refractivity contribution in [2.75, 3.05) is 0 Å². The fourth-order valence-electron chi connectivity index (χ4n) is 0.641. The van der Waals surface area contributed by atoms with Gasteiger partial charge in [0.25, 0.3) is 0 Å². The van der Waals surface area contributed by atoms with Crippen molar-refractivity contribution in [3.05, 3.63) is 27.8 Å². The van der Waals surface area contributed by atoms with Crippen LogP contribution in [0.15, 0.2) is 0 Å². The van der Waals surface area contributed by atoms with E-state index in [1.54, 1.807) is 4.98 Å². The molecule has 0 aliphatic heterocycles. The van der Waals surface area contributed by atoms with Gasteiger partial charge in [-0.05, 0) is 6.92 Å². The van der Waals surface area contributed by atoms with Gasteiger partial charge in [0.2, 0.25) is 5.95 Å². The van der Waals surface area contributed by atoms with Crippen molar-refractivity contribution in [3.63, 3.8) is 0 Å². The van der Waals surface area contributed by atoms with Gasteiger partial charge in [0, 0.05) is 5.56 Å². The summed E-state index contributed by atoms with van der Waals surface area (Å²) < 4.78 is 37.0. The molecule has 1 rings (SSSR count). The number of H-pyrrole nitrogens is 1. The van der Waals surface area contributed by atoms with Crippen LogP contribution in [-0.4, -0.2) is 4.98 Å². The lowest BCUT2D eigenvalue weighted by atomic mass is 10.3. The Morgan fingerprint density at radius 2 is 1.73 bits per heavy atom. The highest BCUT2D eigenvalue weighted by molar-refractivity contribution is 7.71. The standard InChI is InChI=1S/C6H4F3NS/c1-2-3(7)5(9)10-6(11)4(2)8/h1H3,(H,10,11). The van der Waals surface area contributed by atoms with Gasteiger partial charge in [-0.1, -0.05) is 12.2 Å². The first-order chi connectivity index (χ1) is 5.04. The van der Waals surface area contributed by atoms with Gasteiger partial charge in [-0.15, -0.1) is 0 Å². The van der Waals surface area contributed by atoms with Crippen LogP contribution in [0.5, 0.6) is 0 Å². The van der Waals surface area contributed by atoms with Gasteiger partial charge >= 0.3 is 0 Å². The smallest absolute Gasteiger partial charge is 0.228 e. The Bertz CT molecular complexity index is 344. The molecule has 0 aromatic carbocycles. The molecule has 1 N–H and O–H groups in total. The van der Waals surface area contributed by atoms with Gasteiger partial charge in [-0.2, -0.15) is 4.39 Å². The fourth-order valence-corrected chi connectivity index (χ4v) is 0.883. The predicted molar refractivity (Wildman–Crippen MR) is 36.2 cm³/mol. The quantitative estimate of drug-likeness (QED) is 0.477. The third kappa shape index (κ3) is 1.28. The van der Waals surface area contributed by atoms with Crippen molar-refractivity contribution in [1.29, 1.82) is 0 Å². The van der Waals surface area contributed by atoms with E-state index in [-0.39, 0.29) is 0 Å².